The number of likely N-dealkylation sites (tertiary alicyclic amines) is 1. The molecule has 0 bridgehead atoms. The van der Waals surface area contributed by atoms with E-state index in [9.17, 15) is 19.5 Å². The first-order valence-corrected chi connectivity index (χ1v) is 13.9. The summed E-state index contributed by atoms with van der Waals surface area (Å²) in [6.07, 6.45) is 1.42. The summed E-state index contributed by atoms with van der Waals surface area (Å²) in [4.78, 5) is 44.1. The third-order valence-electron chi connectivity index (χ3n) is 7.85. The smallest absolute Gasteiger partial charge is 0.254 e. The van der Waals surface area contributed by atoms with Crippen molar-refractivity contribution in [3.63, 3.8) is 0 Å². The van der Waals surface area contributed by atoms with Crippen molar-refractivity contribution in [2.45, 2.75) is 64.0 Å². The quantitative estimate of drug-likeness (QED) is 0.219. The highest BCUT2D eigenvalue weighted by molar-refractivity contribution is 5.95. The molecule has 0 radical (unpaired) electrons. The van der Waals surface area contributed by atoms with Gasteiger partial charge in [0.2, 0.25) is 5.91 Å². The summed E-state index contributed by atoms with van der Waals surface area (Å²) >= 11 is 0. The summed E-state index contributed by atoms with van der Waals surface area (Å²) in [6, 6.07) is 16.9. The van der Waals surface area contributed by atoms with Crippen LogP contribution >= 0.6 is 0 Å². The highest BCUT2D eigenvalue weighted by Gasteiger charge is 2.42. The maximum Gasteiger partial charge on any atom is 0.254 e. The molecule has 2 heterocycles. The lowest BCUT2D eigenvalue weighted by atomic mass is 9.83. The molecule has 1 aliphatic heterocycles. The molecule has 3 aromatic rings. The zero-order valence-corrected chi connectivity index (χ0v) is 23.8. The molecule has 1 aromatic heterocycles. The van der Waals surface area contributed by atoms with Crippen LogP contribution in [0.25, 0.3) is 10.9 Å². The summed E-state index contributed by atoms with van der Waals surface area (Å²) < 4.78 is 5.95. The van der Waals surface area contributed by atoms with Crippen molar-refractivity contribution in [3.05, 3.63) is 71.4 Å². The van der Waals surface area contributed by atoms with E-state index in [4.69, 9.17) is 9.94 Å². The SMILES string of the molecule is CCC(C)(O)C(=O)N1CCC(CC(=O)NO)(NC(=O)c2ccc(OCCc3cc(C)nc4ccccc34)cc2)CC1. The van der Waals surface area contributed by atoms with Crippen molar-refractivity contribution >= 4 is 28.6 Å². The van der Waals surface area contributed by atoms with Crippen LogP contribution in [-0.2, 0) is 16.0 Å². The van der Waals surface area contributed by atoms with Gasteiger partial charge in [-0.25, -0.2) is 5.48 Å². The Morgan fingerprint density at radius 1 is 1.10 bits per heavy atom. The van der Waals surface area contributed by atoms with Gasteiger partial charge in [0.15, 0.2) is 0 Å². The second-order valence-electron chi connectivity index (χ2n) is 10.9. The molecule has 10 nitrogen and oxygen atoms in total. The zero-order valence-electron chi connectivity index (χ0n) is 23.8. The van der Waals surface area contributed by atoms with E-state index < -0.39 is 17.0 Å². The fraction of sp³-hybridized carbons (Fsp3) is 0.419. The number of hydrogen-bond donors (Lipinski definition) is 4. The first kappa shape index (κ1) is 30.0. The fourth-order valence-corrected chi connectivity index (χ4v) is 5.22. The Hall–Kier alpha value is -4.02. The van der Waals surface area contributed by atoms with E-state index in [2.05, 4.69) is 22.4 Å². The van der Waals surface area contributed by atoms with E-state index in [0.717, 1.165) is 22.2 Å². The summed E-state index contributed by atoms with van der Waals surface area (Å²) in [5, 5.41) is 23.6. The molecule has 1 fully saturated rings. The minimum Gasteiger partial charge on any atom is -0.493 e. The van der Waals surface area contributed by atoms with Gasteiger partial charge in [0, 0.05) is 36.2 Å². The Morgan fingerprint density at radius 3 is 2.44 bits per heavy atom. The Balaban J connectivity index is 1.37. The molecule has 0 spiro atoms. The molecule has 1 atom stereocenters. The third-order valence-corrected chi connectivity index (χ3v) is 7.85. The summed E-state index contributed by atoms with van der Waals surface area (Å²) in [5.74, 6) is -0.761. The fourth-order valence-electron chi connectivity index (χ4n) is 5.22. The Kier molecular flexibility index (Phi) is 9.25. The average Bonchev–Trinajstić information content (AvgIpc) is 2.97. The number of hydroxylamine groups is 1. The van der Waals surface area contributed by atoms with Gasteiger partial charge in [-0.15, -0.1) is 0 Å². The first-order chi connectivity index (χ1) is 19.6. The van der Waals surface area contributed by atoms with Crippen LogP contribution in [0.2, 0.25) is 0 Å². The number of para-hydroxylation sites is 1. The van der Waals surface area contributed by atoms with Crippen LogP contribution < -0.4 is 15.5 Å². The van der Waals surface area contributed by atoms with Gasteiger partial charge >= 0.3 is 0 Å². The van der Waals surface area contributed by atoms with Gasteiger partial charge in [0.1, 0.15) is 11.4 Å². The second-order valence-corrected chi connectivity index (χ2v) is 10.9. The summed E-state index contributed by atoms with van der Waals surface area (Å²) in [6.45, 7) is 6.16. The number of carbonyl (C=O) groups is 3. The van der Waals surface area contributed by atoms with Gasteiger partial charge in [-0.2, -0.15) is 0 Å². The van der Waals surface area contributed by atoms with Crippen molar-refractivity contribution < 1.29 is 29.4 Å². The molecule has 0 aliphatic carbocycles. The van der Waals surface area contributed by atoms with Gasteiger partial charge in [0.05, 0.1) is 24.1 Å². The topological polar surface area (TPSA) is 141 Å². The number of pyridine rings is 1. The molecule has 3 amide bonds. The Labute approximate surface area is 239 Å². The standard InChI is InChI=1S/C31H38N4O6/c1-4-30(3,39)29(38)35-16-14-31(15-17-35,20-27(36)34-40)33-28(37)22-9-11-24(12-10-22)41-18-13-23-19-21(2)32-26-8-6-5-7-25(23)26/h5-12,19,39-40H,4,13-18,20H2,1-3H3,(H,33,37)(H,34,36). The van der Waals surface area contributed by atoms with Gasteiger partial charge in [-0.1, -0.05) is 25.1 Å². The number of fused-ring (bicyclic) bond motifs is 1. The molecule has 1 unspecified atom stereocenters. The summed E-state index contributed by atoms with van der Waals surface area (Å²) in [5.41, 5.74) is 2.67. The van der Waals surface area contributed by atoms with Crippen LogP contribution in [0.1, 0.15) is 61.1 Å². The molecule has 41 heavy (non-hydrogen) atoms. The summed E-state index contributed by atoms with van der Waals surface area (Å²) in [7, 11) is 0. The minimum absolute atomic E-state index is 0.147. The number of benzene rings is 2. The molecule has 4 rings (SSSR count). The van der Waals surface area contributed by atoms with E-state index in [-0.39, 0.29) is 37.7 Å². The van der Waals surface area contributed by atoms with Crippen LogP contribution in [0.4, 0.5) is 0 Å². The number of rotatable bonds is 10. The minimum atomic E-state index is -1.47. The zero-order chi connectivity index (χ0) is 29.6. The van der Waals surface area contributed by atoms with Crippen LogP contribution in [0, 0.1) is 6.92 Å². The molecule has 2 aromatic carbocycles. The van der Waals surface area contributed by atoms with Gasteiger partial charge < -0.3 is 20.1 Å². The molecular weight excluding hydrogens is 524 g/mol. The molecule has 4 N–H and O–H groups in total. The number of nitrogens with zero attached hydrogens (tertiary/aromatic N) is 2. The molecule has 10 heteroatoms. The van der Waals surface area contributed by atoms with E-state index in [1.165, 1.54) is 6.92 Å². The molecule has 0 saturated carbocycles. The largest absolute Gasteiger partial charge is 0.493 e. The predicted molar refractivity (Wildman–Crippen MR) is 154 cm³/mol. The maximum atomic E-state index is 13.2. The molecule has 1 saturated heterocycles. The van der Waals surface area contributed by atoms with Crippen LogP contribution in [0.3, 0.4) is 0 Å². The number of aromatic nitrogens is 1. The van der Waals surface area contributed by atoms with Gasteiger partial charge in [-0.05, 0) is 75.1 Å². The maximum absolute atomic E-state index is 13.2. The second kappa shape index (κ2) is 12.7. The third kappa shape index (κ3) is 7.20. The van der Waals surface area contributed by atoms with Crippen molar-refractivity contribution in [1.29, 1.82) is 0 Å². The molecule has 218 valence electrons. The lowest BCUT2D eigenvalue weighted by Gasteiger charge is -2.43. The van der Waals surface area contributed by atoms with Gasteiger partial charge in [-0.3, -0.25) is 24.6 Å². The van der Waals surface area contributed by atoms with Crippen LogP contribution in [0.15, 0.2) is 54.6 Å². The number of aryl methyl sites for hydroxylation is 1. The monoisotopic (exact) mass is 562 g/mol. The van der Waals surface area contributed by atoms with E-state index in [1.54, 1.807) is 41.6 Å². The highest BCUT2D eigenvalue weighted by atomic mass is 16.5. The van der Waals surface area contributed by atoms with E-state index >= 15 is 0 Å². The van der Waals surface area contributed by atoms with Gasteiger partial charge in [0.25, 0.3) is 11.8 Å². The average molecular weight is 563 g/mol. The lowest BCUT2D eigenvalue weighted by molar-refractivity contribution is -0.151. The number of ether oxygens (including phenoxy) is 1. The first-order valence-electron chi connectivity index (χ1n) is 13.9. The number of aliphatic hydroxyl groups is 1. The molecule has 1 aliphatic rings. The lowest BCUT2D eigenvalue weighted by Crippen LogP contribution is -2.59. The molecular formula is C31H38N4O6. The van der Waals surface area contributed by atoms with E-state index in [0.29, 0.717) is 37.2 Å². The van der Waals surface area contributed by atoms with Crippen molar-refractivity contribution in [2.75, 3.05) is 19.7 Å². The highest BCUT2D eigenvalue weighted by Crippen LogP contribution is 2.29. The predicted octanol–water partition coefficient (Wildman–Crippen LogP) is 3.31. The number of hydrogen-bond acceptors (Lipinski definition) is 7. The number of piperidine rings is 1. The Bertz CT molecular complexity index is 1400. The van der Waals surface area contributed by atoms with Crippen LogP contribution in [0.5, 0.6) is 5.75 Å². The normalized spacial score (nSPS) is 16.1. The number of nitrogens with one attached hydrogen (secondary N) is 2. The Morgan fingerprint density at radius 2 is 1.78 bits per heavy atom. The number of carbonyl (C=O) groups excluding carboxylic acids is 3. The van der Waals surface area contributed by atoms with Crippen molar-refractivity contribution in [1.82, 2.24) is 20.7 Å². The van der Waals surface area contributed by atoms with E-state index in [1.807, 2.05) is 25.1 Å². The van der Waals surface area contributed by atoms with Crippen molar-refractivity contribution in [3.8, 4) is 5.75 Å². The van der Waals surface area contributed by atoms with Crippen molar-refractivity contribution in [2.24, 2.45) is 0 Å². The number of amides is 3. The van der Waals surface area contributed by atoms with Crippen LogP contribution in [-0.4, -0.2) is 68.8 Å².